The van der Waals surface area contributed by atoms with Crippen molar-refractivity contribution in [2.75, 3.05) is 20.6 Å². The highest BCUT2D eigenvalue weighted by Crippen LogP contribution is 2.16. The maximum atomic E-state index is 11.6. The standard InChI is InChI=1S/C10H15ClN2O2/c1-7(6-13(2)3)12-10(14)8-4-5-15-9(8)11/h4-5,7H,6H2,1-3H3,(H,12,14). The second-order valence-corrected chi connectivity index (χ2v) is 4.09. The van der Waals surface area contributed by atoms with Gasteiger partial charge in [-0.25, -0.2) is 0 Å². The minimum absolute atomic E-state index is 0.0680. The van der Waals surface area contributed by atoms with Crippen molar-refractivity contribution in [3.63, 3.8) is 0 Å². The molecule has 0 saturated heterocycles. The van der Waals surface area contributed by atoms with Gasteiger partial charge in [-0.3, -0.25) is 4.79 Å². The van der Waals surface area contributed by atoms with Crippen LogP contribution in [0.25, 0.3) is 0 Å². The normalized spacial score (nSPS) is 12.9. The van der Waals surface area contributed by atoms with Crippen LogP contribution in [-0.4, -0.2) is 37.5 Å². The fourth-order valence-corrected chi connectivity index (χ4v) is 1.55. The predicted octanol–water partition coefficient (Wildman–Crippen LogP) is 1.61. The van der Waals surface area contributed by atoms with E-state index < -0.39 is 0 Å². The monoisotopic (exact) mass is 230 g/mol. The van der Waals surface area contributed by atoms with Gasteiger partial charge in [-0.2, -0.15) is 0 Å². The number of amides is 1. The summed E-state index contributed by atoms with van der Waals surface area (Å²) in [4.78, 5) is 13.6. The van der Waals surface area contributed by atoms with Gasteiger partial charge in [-0.15, -0.1) is 0 Å². The zero-order valence-electron chi connectivity index (χ0n) is 9.08. The molecule has 5 heteroatoms. The molecule has 1 rings (SSSR count). The molecule has 0 fully saturated rings. The fraction of sp³-hybridized carbons (Fsp3) is 0.500. The zero-order valence-corrected chi connectivity index (χ0v) is 9.84. The van der Waals surface area contributed by atoms with Crippen LogP contribution in [0.5, 0.6) is 0 Å². The first-order valence-corrected chi connectivity index (χ1v) is 5.07. The Morgan fingerprint density at radius 3 is 2.80 bits per heavy atom. The third-order valence-electron chi connectivity index (χ3n) is 1.88. The van der Waals surface area contributed by atoms with E-state index >= 15 is 0 Å². The van der Waals surface area contributed by atoms with Gasteiger partial charge in [0, 0.05) is 12.6 Å². The molecule has 1 amide bonds. The van der Waals surface area contributed by atoms with Crippen LogP contribution in [0.4, 0.5) is 0 Å². The number of hydrogen-bond donors (Lipinski definition) is 1. The zero-order chi connectivity index (χ0) is 11.4. The number of hydrogen-bond acceptors (Lipinski definition) is 3. The van der Waals surface area contributed by atoms with Crippen molar-refractivity contribution in [1.82, 2.24) is 10.2 Å². The average molecular weight is 231 g/mol. The largest absolute Gasteiger partial charge is 0.452 e. The Kier molecular flexibility index (Phi) is 4.17. The lowest BCUT2D eigenvalue weighted by Gasteiger charge is -2.17. The summed E-state index contributed by atoms with van der Waals surface area (Å²) in [5.41, 5.74) is 0.377. The number of halogens is 1. The highest BCUT2D eigenvalue weighted by Gasteiger charge is 2.15. The van der Waals surface area contributed by atoms with E-state index in [9.17, 15) is 4.79 Å². The molecular weight excluding hydrogens is 216 g/mol. The van der Waals surface area contributed by atoms with E-state index in [-0.39, 0.29) is 17.2 Å². The Balaban J connectivity index is 2.53. The quantitative estimate of drug-likeness (QED) is 0.855. The average Bonchev–Trinajstić information content (AvgIpc) is 2.49. The molecule has 0 aromatic carbocycles. The molecule has 1 aromatic rings. The SMILES string of the molecule is CC(CN(C)C)NC(=O)c1ccoc1Cl. The molecule has 0 bridgehead atoms. The van der Waals surface area contributed by atoms with Crippen molar-refractivity contribution in [2.45, 2.75) is 13.0 Å². The Morgan fingerprint density at radius 2 is 2.33 bits per heavy atom. The maximum absolute atomic E-state index is 11.6. The van der Waals surface area contributed by atoms with Crippen LogP contribution in [0.15, 0.2) is 16.7 Å². The van der Waals surface area contributed by atoms with Crippen molar-refractivity contribution in [1.29, 1.82) is 0 Å². The molecule has 84 valence electrons. The van der Waals surface area contributed by atoms with Crippen LogP contribution in [-0.2, 0) is 0 Å². The molecule has 0 aliphatic carbocycles. The predicted molar refractivity (Wildman–Crippen MR) is 59.2 cm³/mol. The third-order valence-corrected chi connectivity index (χ3v) is 2.17. The Morgan fingerprint density at radius 1 is 1.67 bits per heavy atom. The van der Waals surface area contributed by atoms with Crippen LogP contribution in [0.3, 0.4) is 0 Å². The van der Waals surface area contributed by atoms with Gasteiger partial charge in [0.15, 0.2) is 0 Å². The first-order chi connectivity index (χ1) is 7.00. The molecule has 4 nitrogen and oxygen atoms in total. The molecule has 15 heavy (non-hydrogen) atoms. The van der Waals surface area contributed by atoms with Crippen molar-refractivity contribution in [2.24, 2.45) is 0 Å². The van der Waals surface area contributed by atoms with Crippen LogP contribution in [0.2, 0.25) is 5.22 Å². The molecule has 0 saturated carbocycles. The van der Waals surface area contributed by atoms with E-state index in [0.29, 0.717) is 5.56 Å². The lowest BCUT2D eigenvalue weighted by Crippen LogP contribution is -2.39. The molecule has 0 aliphatic rings. The number of likely N-dealkylation sites (N-methyl/N-ethyl adjacent to an activating group) is 1. The van der Waals surface area contributed by atoms with E-state index in [1.54, 1.807) is 6.07 Å². The van der Waals surface area contributed by atoms with Gasteiger partial charge in [-0.1, -0.05) is 0 Å². The summed E-state index contributed by atoms with van der Waals surface area (Å²) in [6.45, 7) is 2.72. The molecule has 0 spiro atoms. The summed E-state index contributed by atoms with van der Waals surface area (Å²) >= 11 is 5.69. The van der Waals surface area contributed by atoms with E-state index in [1.165, 1.54) is 6.26 Å². The summed E-state index contributed by atoms with van der Waals surface area (Å²) in [5.74, 6) is -0.205. The maximum Gasteiger partial charge on any atom is 0.256 e. The van der Waals surface area contributed by atoms with Crippen molar-refractivity contribution in [3.8, 4) is 0 Å². The molecule has 1 atom stereocenters. The van der Waals surface area contributed by atoms with E-state index in [0.717, 1.165) is 6.54 Å². The second-order valence-electron chi connectivity index (χ2n) is 3.74. The Labute approximate surface area is 94.2 Å². The summed E-state index contributed by atoms with van der Waals surface area (Å²) in [5, 5.41) is 2.96. The lowest BCUT2D eigenvalue weighted by molar-refractivity contribution is 0.0934. The van der Waals surface area contributed by atoms with Crippen LogP contribution in [0, 0.1) is 0 Å². The first kappa shape index (κ1) is 12.1. The van der Waals surface area contributed by atoms with Crippen LogP contribution < -0.4 is 5.32 Å². The number of nitrogens with one attached hydrogen (secondary N) is 1. The fourth-order valence-electron chi connectivity index (χ4n) is 1.35. The third kappa shape index (κ3) is 3.57. The van der Waals surface area contributed by atoms with Gasteiger partial charge in [-0.05, 0) is 38.7 Å². The molecule has 1 aromatic heterocycles. The Bertz CT molecular complexity index is 336. The minimum Gasteiger partial charge on any atom is -0.452 e. The van der Waals surface area contributed by atoms with Crippen molar-refractivity contribution >= 4 is 17.5 Å². The van der Waals surface area contributed by atoms with E-state index in [4.69, 9.17) is 16.0 Å². The van der Waals surface area contributed by atoms with Crippen LogP contribution >= 0.6 is 11.6 Å². The summed E-state index contributed by atoms with van der Waals surface area (Å²) in [6, 6.07) is 1.62. The number of rotatable bonds is 4. The molecule has 0 aliphatic heterocycles. The summed E-state index contributed by atoms with van der Waals surface area (Å²) in [7, 11) is 3.90. The van der Waals surface area contributed by atoms with E-state index in [2.05, 4.69) is 5.32 Å². The molecule has 0 radical (unpaired) electrons. The summed E-state index contributed by atoms with van der Waals surface area (Å²) in [6.07, 6.45) is 1.40. The van der Waals surface area contributed by atoms with Gasteiger partial charge >= 0.3 is 0 Å². The number of furan rings is 1. The number of carbonyl (C=O) groups excluding carboxylic acids is 1. The molecule has 1 heterocycles. The molecule has 1 unspecified atom stereocenters. The van der Waals surface area contributed by atoms with Gasteiger partial charge in [0.2, 0.25) is 5.22 Å². The highest BCUT2D eigenvalue weighted by atomic mass is 35.5. The topological polar surface area (TPSA) is 45.5 Å². The van der Waals surface area contributed by atoms with Gasteiger partial charge in [0.05, 0.1) is 11.8 Å². The number of carbonyl (C=O) groups is 1. The molecule has 1 N–H and O–H groups in total. The Hall–Kier alpha value is -1.00. The smallest absolute Gasteiger partial charge is 0.256 e. The van der Waals surface area contributed by atoms with E-state index in [1.807, 2.05) is 25.9 Å². The second kappa shape index (κ2) is 5.19. The number of nitrogens with zero attached hydrogens (tertiary/aromatic N) is 1. The van der Waals surface area contributed by atoms with Crippen LogP contribution in [0.1, 0.15) is 17.3 Å². The first-order valence-electron chi connectivity index (χ1n) is 4.69. The van der Waals surface area contributed by atoms with Crippen molar-refractivity contribution < 1.29 is 9.21 Å². The van der Waals surface area contributed by atoms with Gasteiger partial charge < -0.3 is 14.6 Å². The van der Waals surface area contributed by atoms with Gasteiger partial charge in [0.25, 0.3) is 5.91 Å². The minimum atomic E-state index is -0.205. The summed E-state index contributed by atoms with van der Waals surface area (Å²) < 4.78 is 4.84. The highest BCUT2D eigenvalue weighted by molar-refractivity contribution is 6.32. The lowest BCUT2D eigenvalue weighted by atomic mass is 10.2. The van der Waals surface area contributed by atoms with Gasteiger partial charge in [0.1, 0.15) is 0 Å². The van der Waals surface area contributed by atoms with Crippen molar-refractivity contribution in [3.05, 3.63) is 23.1 Å². The molecular formula is C10H15ClN2O2.